The van der Waals surface area contributed by atoms with E-state index in [1.165, 1.54) is 10.9 Å². The van der Waals surface area contributed by atoms with Crippen molar-refractivity contribution in [3.05, 3.63) is 42.1 Å². The van der Waals surface area contributed by atoms with E-state index in [1.807, 2.05) is 24.3 Å². The molecule has 0 aliphatic heterocycles. The standard InChI is InChI=1S/C12H9N3O2/c13-6-7-15-8-10(12(16)17)11(14-15)9-4-2-1-3-5-9/h1-5,8H,7H2,(H,16,17). The number of hydrogen-bond donors (Lipinski definition) is 1. The van der Waals surface area contributed by atoms with Crippen LogP contribution in [0.25, 0.3) is 11.3 Å². The van der Waals surface area contributed by atoms with Crippen molar-refractivity contribution in [3.63, 3.8) is 0 Å². The number of aromatic carboxylic acids is 1. The molecule has 5 nitrogen and oxygen atoms in total. The highest BCUT2D eigenvalue weighted by Gasteiger charge is 2.16. The van der Waals surface area contributed by atoms with Crippen molar-refractivity contribution in [1.82, 2.24) is 9.78 Å². The minimum atomic E-state index is -1.05. The zero-order valence-electron chi connectivity index (χ0n) is 8.87. The van der Waals surface area contributed by atoms with Gasteiger partial charge in [-0.3, -0.25) is 4.68 Å². The Hall–Kier alpha value is -2.61. The van der Waals surface area contributed by atoms with E-state index in [9.17, 15) is 4.79 Å². The minimum absolute atomic E-state index is 0.0348. The van der Waals surface area contributed by atoms with E-state index in [0.717, 1.165) is 5.56 Å². The molecule has 5 heteroatoms. The highest BCUT2D eigenvalue weighted by Crippen LogP contribution is 2.21. The van der Waals surface area contributed by atoms with E-state index in [4.69, 9.17) is 10.4 Å². The Kier molecular flexibility index (Phi) is 2.88. The van der Waals surface area contributed by atoms with Crippen LogP contribution in [0.2, 0.25) is 0 Å². The van der Waals surface area contributed by atoms with Gasteiger partial charge < -0.3 is 5.11 Å². The molecule has 0 aliphatic carbocycles. The summed E-state index contributed by atoms with van der Waals surface area (Å²) in [5, 5.41) is 21.7. The normalized spacial score (nSPS) is 9.82. The summed E-state index contributed by atoms with van der Waals surface area (Å²) >= 11 is 0. The molecular formula is C12H9N3O2. The van der Waals surface area contributed by atoms with Crippen molar-refractivity contribution in [2.45, 2.75) is 6.54 Å². The molecule has 0 fully saturated rings. The molecule has 1 aromatic heterocycles. The topological polar surface area (TPSA) is 78.9 Å². The van der Waals surface area contributed by atoms with Gasteiger partial charge in [0.05, 0.1) is 6.07 Å². The molecule has 0 saturated carbocycles. The lowest BCUT2D eigenvalue weighted by Gasteiger charge is -1.97. The van der Waals surface area contributed by atoms with Crippen molar-refractivity contribution >= 4 is 5.97 Å². The maximum Gasteiger partial charge on any atom is 0.339 e. The molecule has 17 heavy (non-hydrogen) atoms. The third-order valence-electron chi connectivity index (χ3n) is 2.27. The van der Waals surface area contributed by atoms with Gasteiger partial charge in [0, 0.05) is 11.8 Å². The van der Waals surface area contributed by atoms with Crippen LogP contribution in [-0.2, 0) is 6.54 Å². The Balaban J connectivity index is 2.53. The average Bonchev–Trinajstić information content (AvgIpc) is 2.75. The van der Waals surface area contributed by atoms with Gasteiger partial charge in [-0.15, -0.1) is 0 Å². The van der Waals surface area contributed by atoms with Gasteiger partial charge in [0.2, 0.25) is 0 Å². The van der Waals surface area contributed by atoms with Gasteiger partial charge in [0.15, 0.2) is 0 Å². The lowest BCUT2D eigenvalue weighted by atomic mass is 10.1. The predicted molar refractivity (Wildman–Crippen MR) is 60.2 cm³/mol. The van der Waals surface area contributed by atoms with Crippen molar-refractivity contribution in [2.75, 3.05) is 0 Å². The first kappa shape index (κ1) is 10.9. The average molecular weight is 227 g/mol. The molecule has 0 atom stereocenters. The van der Waals surface area contributed by atoms with E-state index >= 15 is 0 Å². The minimum Gasteiger partial charge on any atom is -0.478 e. The summed E-state index contributed by atoms with van der Waals surface area (Å²) in [5.74, 6) is -1.05. The first-order valence-electron chi connectivity index (χ1n) is 4.95. The summed E-state index contributed by atoms with van der Waals surface area (Å²) in [4.78, 5) is 11.1. The van der Waals surface area contributed by atoms with Gasteiger partial charge in [-0.1, -0.05) is 30.3 Å². The predicted octanol–water partition coefficient (Wildman–Crippen LogP) is 1.77. The molecule has 2 aromatic rings. The number of hydrogen-bond acceptors (Lipinski definition) is 3. The van der Waals surface area contributed by atoms with Crippen molar-refractivity contribution < 1.29 is 9.90 Å². The maximum atomic E-state index is 11.1. The Morgan fingerprint density at radius 3 is 2.71 bits per heavy atom. The Morgan fingerprint density at radius 2 is 2.12 bits per heavy atom. The molecule has 0 bridgehead atoms. The number of carbonyl (C=O) groups is 1. The number of aromatic nitrogens is 2. The van der Waals surface area contributed by atoms with E-state index < -0.39 is 5.97 Å². The molecule has 2 rings (SSSR count). The van der Waals surface area contributed by atoms with Crippen LogP contribution in [0, 0.1) is 11.3 Å². The van der Waals surface area contributed by atoms with Crippen LogP contribution in [0.5, 0.6) is 0 Å². The van der Waals surface area contributed by atoms with Gasteiger partial charge >= 0.3 is 5.97 Å². The van der Waals surface area contributed by atoms with E-state index in [0.29, 0.717) is 5.69 Å². The van der Waals surface area contributed by atoms with E-state index in [2.05, 4.69) is 5.10 Å². The Labute approximate surface area is 97.5 Å². The third-order valence-corrected chi connectivity index (χ3v) is 2.27. The Bertz CT molecular complexity index is 582. The number of rotatable bonds is 3. The number of carboxylic acids is 1. The lowest BCUT2D eigenvalue weighted by molar-refractivity contribution is 0.0697. The van der Waals surface area contributed by atoms with E-state index in [-0.39, 0.29) is 12.1 Å². The quantitative estimate of drug-likeness (QED) is 0.866. The fourth-order valence-corrected chi connectivity index (χ4v) is 1.54. The monoisotopic (exact) mass is 227 g/mol. The van der Waals surface area contributed by atoms with Crippen LogP contribution < -0.4 is 0 Å². The van der Waals surface area contributed by atoms with Crippen LogP contribution in [0.3, 0.4) is 0 Å². The fourth-order valence-electron chi connectivity index (χ4n) is 1.54. The summed E-state index contributed by atoms with van der Waals surface area (Å²) in [6.45, 7) is 0.0348. The maximum absolute atomic E-state index is 11.1. The van der Waals surface area contributed by atoms with Gasteiger partial charge in [-0.25, -0.2) is 4.79 Å². The largest absolute Gasteiger partial charge is 0.478 e. The van der Waals surface area contributed by atoms with Gasteiger partial charge in [0.25, 0.3) is 0 Å². The molecule has 0 spiro atoms. The first-order valence-corrected chi connectivity index (χ1v) is 4.95. The number of nitriles is 1. The van der Waals surface area contributed by atoms with E-state index in [1.54, 1.807) is 12.1 Å². The highest BCUT2D eigenvalue weighted by atomic mass is 16.4. The Morgan fingerprint density at radius 1 is 1.41 bits per heavy atom. The zero-order chi connectivity index (χ0) is 12.3. The molecule has 0 amide bonds. The van der Waals surface area contributed by atoms with Crippen LogP contribution in [0.1, 0.15) is 10.4 Å². The number of benzene rings is 1. The highest BCUT2D eigenvalue weighted by molar-refractivity contribution is 5.94. The number of carboxylic acid groups (broad SMARTS) is 1. The molecule has 0 saturated heterocycles. The molecule has 1 aromatic carbocycles. The second-order valence-electron chi connectivity index (χ2n) is 3.42. The molecule has 1 N–H and O–H groups in total. The SMILES string of the molecule is N#CCn1cc(C(=O)O)c(-c2ccccc2)n1. The van der Waals surface area contributed by atoms with Crippen molar-refractivity contribution in [2.24, 2.45) is 0 Å². The van der Waals surface area contributed by atoms with Crippen molar-refractivity contribution in [1.29, 1.82) is 5.26 Å². The van der Waals surface area contributed by atoms with Gasteiger partial charge in [-0.05, 0) is 0 Å². The van der Waals surface area contributed by atoms with Crippen LogP contribution >= 0.6 is 0 Å². The third kappa shape index (κ3) is 2.16. The van der Waals surface area contributed by atoms with Crippen molar-refractivity contribution in [3.8, 4) is 17.3 Å². The summed E-state index contributed by atoms with van der Waals surface area (Å²) in [5.41, 5.74) is 1.21. The van der Waals surface area contributed by atoms with Crippen LogP contribution in [0.4, 0.5) is 0 Å². The molecule has 1 heterocycles. The molecular weight excluding hydrogens is 218 g/mol. The lowest BCUT2D eigenvalue weighted by Crippen LogP contribution is -1.96. The van der Waals surface area contributed by atoms with Gasteiger partial charge in [-0.2, -0.15) is 10.4 Å². The zero-order valence-corrected chi connectivity index (χ0v) is 8.87. The molecule has 0 aliphatic rings. The smallest absolute Gasteiger partial charge is 0.339 e. The second kappa shape index (κ2) is 4.49. The summed E-state index contributed by atoms with van der Waals surface area (Å²) in [6, 6.07) is 11.0. The van der Waals surface area contributed by atoms with Crippen LogP contribution in [0.15, 0.2) is 36.5 Å². The second-order valence-corrected chi connectivity index (χ2v) is 3.42. The summed E-state index contributed by atoms with van der Waals surface area (Å²) in [7, 11) is 0. The van der Waals surface area contributed by atoms with Gasteiger partial charge in [0.1, 0.15) is 17.8 Å². The summed E-state index contributed by atoms with van der Waals surface area (Å²) in [6.07, 6.45) is 1.37. The molecule has 0 radical (unpaired) electrons. The molecule has 0 unspecified atom stereocenters. The first-order chi connectivity index (χ1) is 8.22. The fraction of sp³-hybridized carbons (Fsp3) is 0.0833. The number of nitrogens with zero attached hydrogens (tertiary/aromatic N) is 3. The van der Waals surface area contributed by atoms with Crippen LogP contribution in [-0.4, -0.2) is 20.9 Å². The molecule has 84 valence electrons. The summed E-state index contributed by atoms with van der Waals surface area (Å²) < 4.78 is 1.33.